The molecule has 130 valence electrons. The molecule has 0 bridgehead atoms. The molecule has 1 aromatic rings. The summed E-state index contributed by atoms with van der Waals surface area (Å²) in [6.07, 6.45) is 0.282. The van der Waals surface area contributed by atoms with Crippen molar-refractivity contribution in [2.24, 2.45) is 5.92 Å². The monoisotopic (exact) mass is 342 g/mol. The van der Waals surface area contributed by atoms with Crippen LogP contribution >= 0.6 is 11.6 Å². The zero-order valence-electron chi connectivity index (χ0n) is 14.4. The van der Waals surface area contributed by atoms with Crippen molar-refractivity contribution in [1.29, 1.82) is 0 Å². The summed E-state index contributed by atoms with van der Waals surface area (Å²) in [6.45, 7) is 8.05. The van der Waals surface area contributed by atoms with Crippen molar-refractivity contribution >= 4 is 23.2 Å². The molecule has 2 unspecified atom stereocenters. The summed E-state index contributed by atoms with van der Waals surface area (Å²) >= 11 is 5.95. The first kappa shape index (κ1) is 19.7. The molecular weight excluding hydrogens is 316 g/mol. The highest BCUT2D eigenvalue weighted by atomic mass is 35.5. The molecule has 1 rings (SSSR count). The van der Waals surface area contributed by atoms with Gasteiger partial charge in [0.15, 0.2) is 0 Å². The molecule has 0 saturated carbocycles. The van der Waals surface area contributed by atoms with Crippen LogP contribution in [0.4, 0.5) is 5.69 Å². The first-order chi connectivity index (χ1) is 10.7. The summed E-state index contributed by atoms with van der Waals surface area (Å²) in [4.78, 5) is 12.1. The van der Waals surface area contributed by atoms with Gasteiger partial charge in [-0.3, -0.25) is 4.79 Å². The number of aliphatic hydroxyl groups is 1. The van der Waals surface area contributed by atoms with Crippen molar-refractivity contribution in [1.82, 2.24) is 5.32 Å². The molecule has 3 N–H and O–H groups in total. The number of anilines is 1. The number of carbonyl (C=O) groups excluding carboxylic acids is 1. The first-order valence-electron chi connectivity index (χ1n) is 7.75. The highest BCUT2D eigenvalue weighted by Gasteiger charge is 2.25. The third-order valence-corrected chi connectivity index (χ3v) is 4.21. The molecule has 1 aromatic carbocycles. The normalized spacial score (nSPS) is 15.1. The topological polar surface area (TPSA) is 70.6 Å². The Morgan fingerprint density at radius 2 is 2.04 bits per heavy atom. The molecule has 1 amide bonds. The molecule has 0 aliphatic heterocycles. The van der Waals surface area contributed by atoms with E-state index in [0.717, 1.165) is 0 Å². The van der Waals surface area contributed by atoms with Gasteiger partial charge in [-0.25, -0.2) is 0 Å². The average molecular weight is 343 g/mol. The van der Waals surface area contributed by atoms with Gasteiger partial charge in [-0.15, -0.1) is 0 Å². The Balaban J connectivity index is 2.55. The number of hydrogen-bond acceptors (Lipinski definition) is 4. The number of carbonyl (C=O) groups is 1. The van der Waals surface area contributed by atoms with E-state index in [1.54, 1.807) is 25.1 Å². The molecule has 0 fully saturated rings. The van der Waals surface area contributed by atoms with Crippen molar-refractivity contribution in [3.8, 4) is 5.75 Å². The van der Waals surface area contributed by atoms with E-state index in [2.05, 4.69) is 10.6 Å². The fourth-order valence-corrected chi connectivity index (χ4v) is 2.09. The van der Waals surface area contributed by atoms with E-state index >= 15 is 0 Å². The second-order valence-corrected chi connectivity index (χ2v) is 6.83. The first-order valence-corrected chi connectivity index (χ1v) is 8.12. The maximum absolute atomic E-state index is 12.1. The van der Waals surface area contributed by atoms with Crippen LogP contribution in [0.25, 0.3) is 0 Å². The second-order valence-electron chi connectivity index (χ2n) is 6.39. The standard InChI is InChI=1S/C17H27ClN2O3/c1-11(2)17(4,22)10-19-12(3)8-16(21)20-14-9-13(18)6-7-15(14)23-5/h6-7,9,11-12,19,22H,8,10H2,1-5H3,(H,20,21). The number of methoxy groups -OCH3 is 1. The number of hydrogen-bond donors (Lipinski definition) is 3. The Morgan fingerprint density at radius 1 is 1.39 bits per heavy atom. The number of nitrogens with one attached hydrogen (secondary N) is 2. The maximum atomic E-state index is 12.1. The van der Waals surface area contributed by atoms with Crippen LogP contribution < -0.4 is 15.4 Å². The van der Waals surface area contributed by atoms with Crippen molar-refractivity contribution in [2.75, 3.05) is 19.0 Å². The summed E-state index contributed by atoms with van der Waals surface area (Å²) in [5, 5.41) is 16.7. The van der Waals surface area contributed by atoms with Gasteiger partial charge in [0.05, 0.1) is 18.4 Å². The minimum absolute atomic E-state index is 0.0644. The SMILES string of the molecule is COc1ccc(Cl)cc1NC(=O)CC(C)NCC(C)(O)C(C)C. The van der Waals surface area contributed by atoms with Gasteiger partial charge < -0.3 is 20.5 Å². The maximum Gasteiger partial charge on any atom is 0.226 e. The van der Waals surface area contributed by atoms with Crippen molar-refractivity contribution in [3.63, 3.8) is 0 Å². The zero-order chi connectivity index (χ0) is 17.6. The number of rotatable bonds is 8. The summed E-state index contributed by atoms with van der Waals surface area (Å²) in [5.41, 5.74) is -0.257. The Labute approximate surface area is 143 Å². The molecule has 2 atom stereocenters. The van der Waals surface area contributed by atoms with Gasteiger partial charge in [0.25, 0.3) is 0 Å². The highest BCUT2D eigenvalue weighted by Crippen LogP contribution is 2.27. The molecule has 5 nitrogen and oxygen atoms in total. The van der Waals surface area contributed by atoms with Gasteiger partial charge in [0.1, 0.15) is 5.75 Å². The van der Waals surface area contributed by atoms with E-state index in [1.807, 2.05) is 20.8 Å². The predicted octanol–water partition coefficient (Wildman–Crippen LogP) is 3.06. The lowest BCUT2D eigenvalue weighted by Crippen LogP contribution is -2.45. The molecule has 23 heavy (non-hydrogen) atoms. The smallest absolute Gasteiger partial charge is 0.226 e. The Kier molecular flexibility index (Phi) is 7.32. The van der Waals surface area contributed by atoms with E-state index in [4.69, 9.17) is 16.3 Å². The molecule has 6 heteroatoms. The molecule has 0 aliphatic rings. The van der Waals surface area contributed by atoms with Crippen LogP contribution in [0.2, 0.25) is 5.02 Å². The summed E-state index contributed by atoms with van der Waals surface area (Å²) in [5.74, 6) is 0.549. The quantitative estimate of drug-likeness (QED) is 0.679. The molecule has 0 aliphatic carbocycles. The van der Waals surface area contributed by atoms with Gasteiger partial charge in [0.2, 0.25) is 5.91 Å². The second kappa shape index (κ2) is 8.52. The van der Waals surface area contributed by atoms with Gasteiger partial charge in [-0.1, -0.05) is 25.4 Å². The van der Waals surface area contributed by atoms with Gasteiger partial charge in [-0.05, 0) is 38.0 Å². The van der Waals surface area contributed by atoms with Crippen LogP contribution in [0.15, 0.2) is 18.2 Å². The lowest BCUT2D eigenvalue weighted by Gasteiger charge is -2.29. The molecule has 0 aromatic heterocycles. The van der Waals surface area contributed by atoms with Gasteiger partial charge in [-0.2, -0.15) is 0 Å². The van der Waals surface area contributed by atoms with E-state index in [0.29, 0.717) is 23.0 Å². The van der Waals surface area contributed by atoms with Crippen molar-refractivity contribution < 1.29 is 14.6 Å². The van der Waals surface area contributed by atoms with Crippen molar-refractivity contribution in [2.45, 2.75) is 45.8 Å². The minimum atomic E-state index is -0.805. The molecular formula is C17H27ClN2O3. The van der Waals surface area contributed by atoms with Crippen LogP contribution in [0.3, 0.4) is 0 Å². The van der Waals surface area contributed by atoms with Crippen LogP contribution in [-0.4, -0.2) is 36.3 Å². The average Bonchev–Trinajstić information content (AvgIpc) is 2.45. The third-order valence-electron chi connectivity index (χ3n) is 3.98. The van der Waals surface area contributed by atoms with Crippen molar-refractivity contribution in [3.05, 3.63) is 23.2 Å². The van der Waals surface area contributed by atoms with Crippen LogP contribution in [-0.2, 0) is 4.79 Å². The number of benzene rings is 1. The fraction of sp³-hybridized carbons (Fsp3) is 0.588. The number of amides is 1. The molecule has 0 heterocycles. The predicted molar refractivity (Wildman–Crippen MR) is 94.2 cm³/mol. The van der Waals surface area contributed by atoms with Crippen LogP contribution in [0, 0.1) is 5.92 Å². The lowest BCUT2D eigenvalue weighted by atomic mass is 9.92. The Bertz CT molecular complexity index is 533. The lowest BCUT2D eigenvalue weighted by molar-refractivity contribution is -0.116. The van der Waals surface area contributed by atoms with Crippen LogP contribution in [0.1, 0.15) is 34.1 Å². The zero-order valence-corrected chi connectivity index (χ0v) is 15.2. The fourth-order valence-electron chi connectivity index (χ4n) is 1.91. The largest absolute Gasteiger partial charge is 0.495 e. The Morgan fingerprint density at radius 3 is 2.61 bits per heavy atom. The van der Waals surface area contributed by atoms with Crippen LogP contribution in [0.5, 0.6) is 5.75 Å². The summed E-state index contributed by atoms with van der Waals surface area (Å²) in [6, 6.07) is 5.00. The number of halogens is 1. The Hall–Kier alpha value is -1.30. The van der Waals surface area contributed by atoms with E-state index < -0.39 is 5.60 Å². The molecule has 0 spiro atoms. The van der Waals surface area contributed by atoms with E-state index in [9.17, 15) is 9.90 Å². The minimum Gasteiger partial charge on any atom is -0.495 e. The summed E-state index contributed by atoms with van der Waals surface area (Å²) < 4.78 is 5.20. The molecule has 0 saturated heterocycles. The van der Waals surface area contributed by atoms with E-state index in [-0.39, 0.29) is 24.3 Å². The third kappa shape index (κ3) is 6.37. The van der Waals surface area contributed by atoms with Gasteiger partial charge >= 0.3 is 0 Å². The highest BCUT2D eigenvalue weighted by molar-refractivity contribution is 6.31. The van der Waals surface area contributed by atoms with E-state index in [1.165, 1.54) is 7.11 Å². The number of ether oxygens (including phenoxy) is 1. The van der Waals surface area contributed by atoms with Gasteiger partial charge in [0, 0.05) is 24.0 Å². The summed E-state index contributed by atoms with van der Waals surface area (Å²) in [7, 11) is 1.54. The molecule has 0 radical (unpaired) electrons.